The van der Waals surface area contributed by atoms with Gasteiger partial charge in [-0.2, -0.15) is 0 Å². The quantitative estimate of drug-likeness (QED) is 0.490. The zero-order valence-corrected chi connectivity index (χ0v) is 5.48. The molecule has 0 aromatic heterocycles. The molecule has 8 heavy (non-hydrogen) atoms. The Balaban J connectivity index is 3.07. The number of methoxy groups -OCH3 is 1. The van der Waals surface area contributed by atoms with Crippen LogP contribution in [-0.4, -0.2) is 26.9 Å². The summed E-state index contributed by atoms with van der Waals surface area (Å²) >= 11 is 0. The van der Waals surface area contributed by atoms with Gasteiger partial charge in [-0.15, -0.1) is 0 Å². The van der Waals surface area contributed by atoms with Gasteiger partial charge in [0.2, 0.25) is 0 Å². The number of hydrogen-bond donors (Lipinski definition) is 2. The summed E-state index contributed by atoms with van der Waals surface area (Å²) < 4.78 is 4.95. The molecule has 0 aliphatic rings. The molecule has 0 spiro atoms. The largest absolute Gasteiger partial charge is 0.367 e. The van der Waals surface area contributed by atoms with Crippen molar-refractivity contribution in [3.05, 3.63) is 0 Å². The van der Waals surface area contributed by atoms with Crippen LogP contribution in [0.5, 0.6) is 0 Å². The van der Waals surface area contributed by atoms with E-state index in [1.54, 1.807) is 7.11 Å². The van der Waals surface area contributed by atoms with Gasteiger partial charge in [0.05, 0.1) is 0 Å². The van der Waals surface area contributed by atoms with Gasteiger partial charge < -0.3 is 10.5 Å². The van der Waals surface area contributed by atoms with E-state index < -0.39 is 0 Å². The first-order chi connectivity index (χ1) is 3.85. The summed E-state index contributed by atoms with van der Waals surface area (Å²) in [7, 11) is 3.51. The van der Waals surface area contributed by atoms with Crippen molar-refractivity contribution in [2.75, 3.05) is 20.7 Å². The fourth-order valence-electron chi connectivity index (χ4n) is 0.531. The smallest absolute Gasteiger partial charge is 0.108 e. The van der Waals surface area contributed by atoms with Gasteiger partial charge in [-0.05, 0) is 20.0 Å². The monoisotopic (exact) mass is 118 g/mol. The van der Waals surface area contributed by atoms with E-state index in [-0.39, 0.29) is 6.23 Å². The van der Waals surface area contributed by atoms with Gasteiger partial charge in [0.25, 0.3) is 0 Å². The Kier molecular flexibility index (Phi) is 4.95. The predicted molar refractivity (Wildman–Crippen MR) is 33.5 cm³/mol. The highest BCUT2D eigenvalue weighted by molar-refractivity contribution is 4.49. The Morgan fingerprint density at radius 1 is 1.75 bits per heavy atom. The molecule has 3 N–H and O–H groups in total. The molecule has 0 saturated heterocycles. The second-order valence-electron chi connectivity index (χ2n) is 1.59. The molecule has 0 amide bonds. The minimum atomic E-state index is 0.125. The van der Waals surface area contributed by atoms with Crippen LogP contribution in [0.1, 0.15) is 6.42 Å². The highest BCUT2D eigenvalue weighted by Crippen LogP contribution is 1.86. The lowest BCUT2D eigenvalue weighted by atomic mass is 10.4. The van der Waals surface area contributed by atoms with Crippen LogP contribution in [0.2, 0.25) is 0 Å². The number of hydrogen-bond acceptors (Lipinski definition) is 3. The standard InChI is InChI=1S/C5H14N2O/c1-7-5(8-2)3-4-6/h5,7H,3-4,6H2,1-2H3. The van der Waals surface area contributed by atoms with Crippen LogP contribution >= 0.6 is 0 Å². The molecule has 0 aromatic carbocycles. The lowest BCUT2D eigenvalue weighted by Crippen LogP contribution is -2.29. The molecule has 0 aliphatic carbocycles. The minimum absolute atomic E-state index is 0.125. The summed E-state index contributed by atoms with van der Waals surface area (Å²) in [6.45, 7) is 0.666. The van der Waals surface area contributed by atoms with Crippen molar-refractivity contribution in [3.8, 4) is 0 Å². The maximum atomic E-state index is 5.26. The Morgan fingerprint density at radius 3 is 2.50 bits per heavy atom. The van der Waals surface area contributed by atoms with Crippen molar-refractivity contribution in [1.82, 2.24) is 5.32 Å². The molecule has 0 radical (unpaired) electrons. The molecule has 3 nitrogen and oxygen atoms in total. The molecule has 1 atom stereocenters. The number of ether oxygens (including phenoxy) is 1. The van der Waals surface area contributed by atoms with Crippen molar-refractivity contribution < 1.29 is 4.74 Å². The second kappa shape index (κ2) is 5.03. The maximum absolute atomic E-state index is 5.26. The molecular weight excluding hydrogens is 104 g/mol. The minimum Gasteiger partial charge on any atom is -0.367 e. The molecule has 0 saturated carbocycles. The highest BCUT2D eigenvalue weighted by Gasteiger charge is 1.98. The third-order valence-electron chi connectivity index (χ3n) is 1.04. The van der Waals surface area contributed by atoms with Crippen LogP contribution in [-0.2, 0) is 4.74 Å². The van der Waals surface area contributed by atoms with Crippen LogP contribution in [0.4, 0.5) is 0 Å². The van der Waals surface area contributed by atoms with Crippen LogP contribution in [0.3, 0.4) is 0 Å². The van der Waals surface area contributed by atoms with E-state index in [1.807, 2.05) is 7.05 Å². The molecule has 0 aromatic rings. The van der Waals surface area contributed by atoms with Crippen molar-refractivity contribution in [1.29, 1.82) is 0 Å². The van der Waals surface area contributed by atoms with E-state index in [2.05, 4.69) is 5.32 Å². The van der Waals surface area contributed by atoms with E-state index in [0.717, 1.165) is 6.42 Å². The Hall–Kier alpha value is -0.120. The average molecular weight is 118 g/mol. The lowest BCUT2D eigenvalue weighted by molar-refractivity contribution is 0.0757. The topological polar surface area (TPSA) is 47.3 Å². The van der Waals surface area contributed by atoms with Gasteiger partial charge in [0, 0.05) is 7.11 Å². The number of rotatable bonds is 4. The summed E-state index contributed by atoms with van der Waals surface area (Å²) in [4.78, 5) is 0. The molecule has 1 unspecified atom stereocenters. The van der Waals surface area contributed by atoms with E-state index >= 15 is 0 Å². The molecule has 0 bridgehead atoms. The molecule has 0 heterocycles. The average Bonchev–Trinajstić information content (AvgIpc) is 1.83. The SMILES string of the molecule is CNC(CCN)OC. The first-order valence-electron chi connectivity index (χ1n) is 2.75. The van der Waals surface area contributed by atoms with Gasteiger partial charge in [-0.25, -0.2) is 0 Å². The van der Waals surface area contributed by atoms with Crippen LogP contribution < -0.4 is 11.1 Å². The predicted octanol–water partition coefficient (Wildman–Crippen LogP) is -0.473. The molecule has 0 aliphatic heterocycles. The molecule has 0 fully saturated rings. The zero-order valence-electron chi connectivity index (χ0n) is 5.48. The first kappa shape index (κ1) is 7.88. The van der Waals surface area contributed by atoms with E-state index in [1.165, 1.54) is 0 Å². The normalized spacial score (nSPS) is 13.9. The molecule has 0 rings (SSSR count). The van der Waals surface area contributed by atoms with E-state index in [0.29, 0.717) is 6.54 Å². The van der Waals surface area contributed by atoms with Crippen LogP contribution in [0.25, 0.3) is 0 Å². The van der Waals surface area contributed by atoms with Crippen molar-refractivity contribution in [2.45, 2.75) is 12.6 Å². The summed E-state index contributed by atoms with van der Waals surface area (Å²) in [5, 5.41) is 2.95. The van der Waals surface area contributed by atoms with E-state index in [4.69, 9.17) is 10.5 Å². The second-order valence-corrected chi connectivity index (χ2v) is 1.59. The summed E-state index contributed by atoms with van der Waals surface area (Å²) in [6, 6.07) is 0. The third-order valence-corrected chi connectivity index (χ3v) is 1.04. The van der Waals surface area contributed by atoms with Crippen LogP contribution in [0, 0.1) is 0 Å². The Morgan fingerprint density at radius 2 is 2.38 bits per heavy atom. The lowest BCUT2D eigenvalue weighted by Gasteiger charge is -2.11. The van der Waals surface area contributed by atoms with Gasteiger partial charge in [-0.1, -0.05) is 0 Å². The summed E-state index contributed by atoms with van der Waals surface area (Å²) in [6.07, 6.45) is 0.993. The Bertz CT molecular complexity index is 45.7. The van der Waals surface area contributed by atoms with E-state index in [9.17, 15) is 0 Å². The third kappa shape index (κ3) is 2.96. The van der Waals surface area contributed by atoms with Crippen molar-refractivity contribution in [2.24, 2.45) is 5.73 Å². The molecular formula is C5H14N2O. The van der Waals surface area contributed by atoms with Gasteiger partial charge >= 0.3 is 0 Å². The van der Waals surface area contributed by atoms with Gasteiger partial charge in [-0.3, -0.25) is 5.32 Å². The molecule has 50 valence electrons. The summed E-state index contributed by atoms with van der Waals surface area (Å²) in [5.41, 5.74) is 5.26. The fourth-order valence-corrected chi connectivity index (χ4v) is 0.531. The Labute approximate surface area is 50.2 Å². The van der Waals surface area contributed by atoms with Crippen molar-refractivity contribution >= 4 is 0 Å². The molecule has 3 heteroatoms. The number of nitrogens with two attached hydrogens (primary N) is 1. The number of nitrogens with one attached hydrogen (secondary N) is 1. The van der Waals surface area contributed by atoms with Crippen LogP contribution in [0.15, 0.2) is 0 Å². The zero-order chi connectivity index (χ0) is 6.41. The summed E-state index contributed by atoms with van der Waals surface area (Å²) in [5.74, 6) is 0. The van der Waals surface area contributed by atoms with Gasteiger partial charge in [0.15, 0.2) is 0 Å². The maximum Gasteiger partial charge on any atom is 0.108 e. The first-order valence-corrected chi connectivity index (χ1v) is 2.75. The van der Waals surface area contributed by atoms with Crippen molar-refractivity contribution in [3.63, 3.8) is 0 Å². The fraction of sp³-hybridized carbons (Fsp3) is 1.00. The van der Waals surface area contributed by atoms with Gasteiger partial charge in [0.1, 0.15) is 6.23 Å². The highest BCUT2D eigenvalue weighted by atomic mass is 16.5.